The lowest BCUT2D eigenvalue weighted by Crippen LogP contribution is -2.26. The number of rotatable bonds is 12. The fourth-order valence-corrected chi connectivity index (χ4v) is 5.08. The average molecular weight is 411 g/mol. The molecule has 0 radical (unpaired) electrons. The Kier molecular flexibility index (Phi) is 9.80. The molecule has 28 heavy (non-hydrogen) atoms. The lowest BCUT2D eigenvalue weighted by atomic mass is 9.81. The lowest BCUT2D eigenvalue weighted by molar-refractivity contribution is 0.0986. The third-order valence-corrected chi connectivity index (χ3v) is 8.13. The minimum absolute atomic E-state index is 0.255. The molecule has 0 bridgehead atoms. The molecular weight excluding hydrogens is 372 g/mol. The summed E-state index contributed by atoms with van der Waals surface area (Å²) in [4.78, 5) is 0. The van der Waals surface area contributed by atoms with E-state index < -0.39 is 9.84 Å². The fourth-order valence-electron chi connectivity index (χ4n) is 3.71. The van der Waals surface area contributed by atoms with Crippen molar-refractivity contribution in [1.82, 2.24) is 0 Å². The number of benzene rings is 1. The van der Waals surface area contributed by atoms with Crippen molar-refractivity contribution in [1.29, 1.82) is 0 Å². The average Bonchev–Trinajstić information content (AvgIpc) is 2.67. The van der Waals surface area contributed by atoms with Crippen LogP contribution in [0.25, 0.3) is 0 Å². The van der Waals surface area contributed by atoms with E-state index in [1.165, 1.54) is 0 Å². The van der Waals surface area contributed by atoms with Crippen molar-refractivity contribution in [2.75, 3.05) is 19.0 Å². The van der Waals surface area contributed by atoms with Crippen molar-refractivity contribution in [3.63, 3.8) is 0 Å². The molecule has 0 unspecified atom stereocenters. The molecule has 0 spiro atoms. The first kappa shape index (κ1) is 23.2. The molecule has 1 fully saturated rings. The molecule has 2 rings (SSSR count). The molecule has 0 heterocycles. The SMILES string of the molecule is CCCCOc1cccc(COCCC2CCC(CS(=O)(=O)C(C)C)CC2)c1. The molecule has 4 nitrogen and oxygen atoms in total. The molecule has 0 aliphatic heterocycles. The highest BCUT2D eigenvalue weighted by molar-refractivity contribution is 7.91. The van der Waals surface area contributed by atoms with Crippen LogP contribution in [0.4, 0.5) is 0 Å². The van der Waals surface area contributed by atoms with E-state index >= 15 is 0 Å². The Balaban J connectivity index is 1.63. The van der Waals surface area contributed by atoms with Gasteiger partial charge in [0.15, 0.2) is 9.84 Å². The molecule has 5 heteroatoms. The normalized spacial score (nSPS) is 20.4. The summed E-state index contributed by atoms with van der Waals surface area (Å²) in [6.45, 7) is 7.87. The Labute approximate surface area is 171 Å². The summed E-state index contributed by atoms with van der Waals surface area (Å²) in [5.74, 6) is 2.30. The van der Waals surface area contributed by atoms with Crippen molar-refractivity contribution in [2.45, 2.75) is 77.6 Å². The summed E-state index contributed by atoms with van der Waals surface area (Å²) >= 11 is 0. The van der Waals surface area contributed by atoms with Crippen molar-refractivity contribution >= 4 is 9.84 Å². The number of ether oxygens (including phenoxy) is 2. The highest BCUT2D eigenvalue weighted by Crippen LogP contribution is 2.32. The first-order valence-corrected chi connectivity index (χ1v) is 12.6. The van der Waals surface area contributed by atoms with E-state index in [2.05, 4.69) is 19.1 Å². The van der Waals surface area contributed by atoms with E-state index in [1.54, 1.807) is 13.8 Å². The van der Waals surface area contributed by atoms with Gasteiger partial charge in [-0.15, -0.1) is 0 Å². The molecule has 1 aliphatic carbocycles. The highest BCUT2D eigenvalue weighted by atomic mass is 32.2. The topological polar surface area (TPSA) is 52.6 Å². The first-order valence-electron chi connectivity index (χ1n) is 10.9. The van der Waals surface area contributed by atoms with Crippen LogP contribution in [0.5, 0.6) is 5.75 Å². The molecule has 1 aromatic carbocycles. The summed E-state index contributed by atoms with van der Waals surface area (Å²) in [7, 11) is -2.91. The maximum Gasteiger partial charge on any atom is 0.152 e. The monoisotopic (exact) mass is 410 g/mol. The molecule has 1 aliphatic rings. The zero-order chi connectivity index (χ0) is 20.4. The smallest absolute Gasteiger partial charge is 0.152 e. The van der Waals surface area contributed by atoms with Crippen LogP contribution in [0.15, 0.2) is 24.3 Å². The summed E-state index contributed by atoms with van der Waals surface area (Å²) < 4.78 is 35.8. The second-order valence-corrected chi connectivity index (χ2v) is 11.1. The van der Waals surface area contributed by atoms with Gasteiger partial charge in [0.25, 0.3) is 0 Å². The van der Waals surface area contributed by atoms with Crippen LogP contribution in [0, 0.1) is 11.8 Å². The number of hydrogen-bond donors (Lipinski definition) is 0. The van der Waals surface area contributed by atoms with Crippen molar-refractivity contribution in [3.8, 4) is 5.75 Å². The van der Waals surface area contributed by atoms with Crippen LogP contribution in [0.3, 0.4) is 0 Å². The van der Waals surface area contributed by atoms with Gasteiger partial charge < -0.3 is 9.47 Å². The van der Waals surface area contributed by atoms with Crippen molar-refractivity contribution in [2.24, 2.45) is 11.8 Å². The van der Waals surface area contributed by atoms with Gasteiger partial charge in [-0.25, -0.2) is 8.42 Å². The second kappa shape index (κ2) is 11.8. The second-order valence-electron chi connectivity index (χ2n) is 8.46. The third-order valence-electron chi connectivity index (χ3n) is 5.76. The lowest BCUT2D eigenvalue weighted by Gasteiger charge is -2.28. The maximum atomic E-state index is 12.1. The largest absolute Gasteiger partial charge is 0.494 e. The van der Waals surface area contributed by atoms with Crippen LogP contribution >= 0.6 is 0 Å². The Morgan fingerprint density at radius 2 is 1.79 bits per heavy atom. The zero-order valence-electron chi connectivity index (χ0n) is 17.9. The quantitative estimate of drug-likeness (QED) is 0.433. The molecule has 0 aromatic heterocycles. The van der Waals surface area contributed by atoms with Crippen LogP contribution in [0.2, 0.25) is 0 Å². The summed E-state index contributed by atoms with van der Waals surface area (Å²) in [6.07, 6.45) is 7.60. The minimum Gasteiger partial charge on any atom is -0.494 e. The van der Waals surface area contributed by atoms with Gasteiger partial charge in [-0.2, -0.15) is 0 Å². The number of hydrogen-bond acceptors (Lipinski definition) is 4. The van der Waals surface area contributed by atoms with Crippen LogP contribution in [-0.4, -0.2) is 32.6 Å². The molecule has 0 N–H and O–H groups in total. The Morgan fingerprint density at radius 1 is 1.07 bits per heavy atom. The van der Waals surface area contributed by atoms with Gasteiger partial charge >= 0.3 is 0 Å². The fraction of sp³-hybridized carbons (Fsp3) is 0.739. The van der Waals surface area contributed by atoms with E-state index in [0.717, 1.165) is 69.5 Å². The van der Waals surface area contributed by atoms with Gasteiger partial charge in [0.1, 0.15) is 5.75 Å². The summed E-state index contributed by atoms with van der Waals surface area (Å²) in [5.41, 5.74) is 1.15. The van der Waals surface area contributed by atoms with Gasteiger partial charge in [0.05, 0.1) is 24.2 Å². The van der Waals surface area contributed by atoms with Crippen LogP contribution in [0.1, 0.15) is 71.3 Å². The Bertz CT molecular complexity index is 661. The summed E-state index contributed by atoms with van der Waals surface area (Å²) in [6, 6.07) is 8.16. The first-order chi connectivity index (χ1) is 13.4. The Morgan fingerprint density at radius 3 is 2.46 bits per heavy atom. The van der Waals surface area contributed by atoms with Gasteiger partial charge in [-0.05, 0) is 69.1 Å². The Hall–Kier alpha value is -1.07. The van der Waals surface area contributed by atoms with E-state index in [0.29, 0.717) is 24.2 Å². The molecule has 0 saturated heterocycles. The van der Waals surface area contributed by atoms with Gasteiger partial charge in [-0.1, -0.05) is 38.3 Å². The predicted octanol–water partition coefficient (Wildman–Crippen LogP) is 5.40. The molecule has 1 aromatic rings. The van der Waals surface area contributed by atoms with E-state index in [4.69, 9.17) is 9.47 Å². The standard InChI is InChI=1S/C23H38O4S/c1-4-5-14-27-23-8-6-7-22(16-23)17-26-15-13-20-9-11-21(12-10-20)18-28(24,25)19(2)3/h6-8,16,19-21H,4-5,9-15,17-18H2,1-3H3. The van der Waals surface area contributed by atoms with Gasteiger partial charge in [-0.3, -0.25) is 0 Å². The van der Waals surface area contributed by atoms with E-state index in [-0.39, 0.29) is 5.25 Å². The molecule has 1 saturated carbocycles. The van der Waals surface area contributed by atoms with E-state index in [9.17, 15) is 8.42 Å². The van der Waals surface area contributed by atoms with Gasteiger partial charge in [0, 0.05) is 6.61 Å². The third kappa shape index (κ3) is 8.12. The molecular formula is C23H38O4S. The zero-order valence-corrected chi connectivity index (χ0v) is 18.7. The van der Waals surface area contributed by atoms with Crippen molar-refractivity contribution < 1.29 is 17.9 Å². The van der Waals surface area contributed by atoms with Gasteiger partial charge in [0.2, 0.25) is 0 Å². The number of sulfone groups is 1. The predicted molar refractivity (Wildman–Crippen MR) is 115 cm³/mol. The summed E-state index contributed by atoms with van der Waals surface area (Å²) in [5, 5.41) is -0.255. The molecule has 0 atom stereocenters. The van der Waals surface area contributed by atoms with Crippen molar-refractivity contribution in [3.05, 3.63) is 29.8 Å². The molecule has 160 valence electrons. The van der Waals surface area contributed by atoms with Crippen LogP contribution < -0.4 is 4.74 Å². The van der Waals surface area contributed by atoms with E-state index in [1.807, 2.05) is 12.1 Å². The number of unbranched alkanes of at least 4 members (excludes halogenated alkanes) is 1. The highest BCUT2D eigenvalue weighted by Gasteiger charge is 2.27. The maximum absolute atomic E-state index is 12.1. The minimum atomic E-state index is -2.91. The molecule has 0 amide bonds. The van der Waals surface area contributed by atoms with Crippen LogP contribution in [-0.2, 0) is 21.2 Å².